The number of benzene rings is 2. The number of aromatic amines is 1. The van der Waals surface area contributed by atoms with Crippen LogP contribution in [0.2, 0.25) is 0 Å². The van der Waals surface area contributed by atoms with Crippen LogP contribution >= 0.6 is 0 Å². The molecule has 0 aliphatic heterocycles. The van der Waals surface area contributed by atoms with Gasteiger partial charge in [-0.2, -0.15) is 5.26 Å². The van der Waals surface area contributed by atoms with Crippen molar-refractivity contribution < 1.29 is 9.53 Å². The van der Waals surface area contributed by atoms with E-state index in [4.69, 9.17) is 4.74 Å². The highest BCUT2D eigenvalue weighted by atomic mass is 16.5. The highest BCUT2D eigenvalue weighted by Gasteiger charge is 2.21. The molecule has 0 saturated carbocycles. The average Bonchev–Trinajstić information content (AvgIpc) is 2.66. The fraction of sp³-hybridized carbons (Fsp3) is 0.227. The lowest BCUT2D eigenvalue weighted by molar-refractivity contribution is -0.118. The maximum Gasteiger partial charge on any atom is 0.251 e. The van der Waals surface area contributed by atoms with Gasteiger partial charge in [0.05, 0.1) is 18.9 Å². The van der Waals surface area contributed by atoms with Gasteiger partial charge in [0.25, 0.3) is 5.56 Å². The second kappa shape index (κ2) is 7.97. The predicted molar refractivity (Wildman–Crippen MR) is 108 cm³/mol. The number of aromatic nitrogens is 1. The zero-order valence-corrected chi connectivity index (χ0v) is 16.0. The highest BCUT2D eigenvalue weighted by Crippen LogP contribution is 2.24. The number of methoxy groups -OCH3 is 1. The van der Waals surface area contributed by atoms with Gasteiger partial charge in [-0.1, -0.05) is 18.2 Å². The number of fused-ring (bicyclic) bond motifs is 1. The number of ether oxygens (including phenoxy) is 1. The largest absolute Gasteiger partial charge is 0.495 e. The molecule has 6 nitrogen and oxygen atoms in total. The summed E-state index contributed by atoms with van der Waals surface area (Å²) in [5, 5.41) is 13.1. The molecule has 0 bridgehead atoms. The van der Waals surface area contributed by atoms with Crippen molar-refractivity contribution in [1.29, 1.82) is 5.26 Å². The maximum atomic E-state index is 12.6. The molecule has 0 radical (unpaired) electrons. The molecule has 0 saturated heterocycles. The van der Waals surface area contributed by atoms with Gasteiger partial charge in [-0.15, -0.1) is 0 Å². The minimum absolute atomic E-state index is 0.0239. The first-order chi connectivity index (χ1) is 13.4. The summed E-state index contributed by atoms with van der Waals surface area (Å²) in [4.78, 5) is 27.9. The van der Waals surface area contributed by atoms with E-state index in [0.29, 0.717) is 17.0 Å². The zero-order chi connectivity index (χ0) is 20.3. The van der Waals surface area contributed by atoms with Gasteiger partial charge >= 0.3 is 0 Å². The Kier molecular flexibility index (Phi) is 5.46. The lowest BCUT2D eigenvalue weighted by atomic mass is 9.97. The second-order valence-electron chi connectivity index (χ2n) is 6.74. The molecule has 1 aromatic heterocycles. The monoisotopic (exact) mass is 375 g/mol. The summed E-state index contributed by atoms with van der Waals surface area (Å²) in [6.07, 6.45) is 0.0239. The SMILES string of the molecule is COc1ccccc1NC(=O)[C@@H](C#N)Cc1cc2c(C)cc(C)cc2[nH]c1=O. The molecule has 6 heteroatoms. The van der Waals surface area contributed by atoms with Gasteiger partial charge < -0.3 is 15.0 Å². The van der Waals surface area contributed by atoms with Gasteiger partial charge in [0.15, 0.2) is 0 Å². The number of H-pyrrole nitrogens is 1. The van der Waals surface area contributed by atoms with E-state index in [1.807, 2.05) is 32.0 Å². The number of aryl methyl sites for hydroxylation is 2. The first-order valence-corrected chi connectivity index (χ1v) is 8.89. The Hall–Kier alpha value is -3.59. The molecule has 2 aromatic carbocycles. The van der Waals surface area contributed by atoms with Crippen LogP contribution in [-0.4, -0.2) is 18.0 Å². The maximum absolute atomic E-state index is 12.6. The van der Waals surface area contributed by atoms with Crippen LogP contribution in [0.1, 0.15) is 16.7 Å². The summed E-state index contributed by atoms with van der Waals surface area (Å²) in [6.45, 7) is 3.93. The van der Waals surface area contributed by atoms with Crippen LogP contribution in [0.5, 0.6) is 5.75 Å². The Balaban J connectivity index is 1.88. The molecule has 28 heavy (non-hydrogen) atoms. The Labute approximate surface area is 162 Å². The van der Waals surface area contributed by atoms with Gasteiger partial charge in [0, 0.05) is 22.9 Å². The van der Waals surface area contributed by atoms with Crippen LogP contribution < -0.4 is 15.6 Å². The molecular formula is C22H21N3O3. The molecular weight excluding hydrogens is 354 g/mol. The van der Waals surface area contributed by atoms with Gasteiger partial charge in [0.1, 0.15) is 11.7 Å². The molecule has 1 heterocycles. The van der Waals surface area contributed by atoms with Crippen molar-refractivity contribution in [3.05, 3.63) is 69.5 Å². The Morgan fingerprint density at radius 2 is 2.00 bits per heavy atom. The molecule has 0 fully saturated rings. The number of carbonyl (C=O) groups excluding carboxylic acids is 1. The van der Waals surface area contributed by atoms with E-state index >= 15 is 0 Å². The third-order valence-corrected chi connectivity index (χ3v) is 4.65. The number of hydrogen-bond donors (Lipinski definition) is 2. The van der Waals surface area contributed by atoms with Gasteiger partial charge in [-0.3, -0.25) is 9.59 Å². The number of amides is 1. The van der Waals surface area contributed by atoms with E-state index in [2.05, 4.69) is 10.3 Å². The summed E-state index contributed by atoms with van der Waals surface area (Å²) in [6, 6.07) is 14.7. The van der Waals surface area contributed by atoms with E-state index in [9.17, 15) is 14.9 Å². The standard InChI is InChI=1S/C22H21N3O3/c1-13-8-14(2)17-11-15(21(26)25-19(17)9-13)10-16(12-23)22(27)24-18-6-4-5-7-20(18)28-3/h4-9,11,16H,10H2,1-3H3,(H,24,27)(H,25,26)/t16-/m1/s1. The molecule has 1 atom stereocenters. The van der Waals surface area contributed by atoms with Crippen molar-refractivity contribution in [2.45, 2.75) is 20.3 Å². The zero-order valence-electron chi connectivity index (χ0n) is 16.0. The van der Waals surface area contributed by atoms with E-state index in [0.717, 1.165) is 22.0 Å². The van der Waals surface area contributed by atoms with Gasteiger partial charge in [-0.05, 0) is 49.2 Å². The van der Waals surface area contributed by atoms with Gasteiger partial charge in [0.2, 0.25) is 5.91 Å². The minimum atomic E-state index is -1.01. The number of nitrogens with zero attached hydrogens (tertiary/aromatic N) is 1. The van der Waals surface area contributed by atoms with Crippen LogP contribution in [0.3, 0.4) is 0 Å². The minimum Gasteiger partial charge on any atom is -0.495 e. The first-order valence-electron chi connectivity index (χ1n) is 8.89. The molecule has 0 aliphatic carbocycles. The predicted octanol–water partition coefficient (Wildman–Crippen LogP) is 3.47. The van der Waals surface area contributed by atoms with Crippen molar-refractivity contribution in [3.63, 3.8) is 0 Å². The van der Waals surface area contributed by atoms with E-state index in [1.54, 1.807) is 30.3 Å². The summed E-state index contributed by atoms with van der Waals surface area (Å²) in [7, 11) is 1.51. The van der Waals surface area contributed by atoms with E-state index in [1.165, 1.54) is 7.11 Å². The number of nitriles is 1. The first kappa shape index (κ1) is 19.2. The number of nitrogens with one attached hydrogen (secondary N) is 2. The van der Waals surface area contributed by atoms with E-state index < -0.39 is 11.8 Å². The van der Waals surface area contributed by atoms with Crippen LogP contribution in [0.25, 0.3) is 10.9 Å². The third kappa shape index (κ3) is 3.89. The number of hydrogen-bond acceptors (Lipinski definition) is 4. The molecule has 1 amide bonds. The number of para-hydroxylation sites is 2. The summed E-state index contributed by atoms with van der Waals surface area (Å²) in [5.74, 6) is -0.983. The summed E-state index contributed by atoms with van der Waals surface area (Å²) >= 11 is 0. The second-order valence-corrected chi connectivity index (χ2v) is 6.74. The summed E-state index contributed by atoms with van der Waals surface area (Å²) < 4.78 is 5.22. The molecule has 0 aliphatic rings. The topological polar surface area (TPSA) is 95.0 Å². The highest BCUT2D eigenvalue weighted by molar-refractivity contribution is 5.95. The van der Waals surface area contributed by atoms with Crippen molar-refractivity contribution in [1.82, 2.24) is 4.98 Å². The number of carbonyl (C=O) groups is 1. The molecule has 0 spiro atoms. The van der Waals surface area contributed by atoms with Crippen molar-refractivity contribution in [3.8, 4) is 11.8 Å². The van der Waals surface area contributed by atoms with Crippen molar-refractivity contribution >= 4 is 22.5 Å². The molecule has 3 aromatic rings. The van der Waals surface area contributed by atoms with Crippen molar-refractivity contribution in [2.24, 2.45) is 5.92 Å². The number of rotatable bonds is 5. The number of pyridine rings is 1. The third-order valence-electron chi connectivity index (χ3n) is 4.65. The fourth-order valence-corrected chi connectivity index (χ4v) is 3.25. The lowest BCUT2D eigenvalue weighted by Gasteiger charge is -2.13. The normalized spacial score (nSPS) is 11.6. The quantitative estimate of drug-likeness (QED) is 0.714. The van der Waals surface area contributed by atoms with Crippen molar-refractivity contribution in [2.75, 3.05) is 12.4 Å². The molecule has 142 valence electrons. The van der Waals surface area contributed by atoms with Crippen LogP contribution in [0.15, 0.2) is 47.3 Å². The molecule has 0 unspecified atom stereocenters. The smallest absolute Gasteiger partial charge is 0.251 e. The van der Waals surface area contributed by atoms with Gasteiger partial charge in [-0.25, -0.2) is 0 Å². The lowest BCUT2D eigenvalue weighted by Crippen LogP contribution is -2.26. The van der Waals surface area contributed by atoms with Crippen LogP contribution in [0, 0.1) is 31.1 Å². The Morgan fingerprint density at radius 3 is 2.71 bits per heavy atom. The van der Waals surface area contributed by atoms with E-state index in [-0.39, 0.29) is 12.0 Å². The molecule has 3 rings (SSSR count). The Morgan fingerprint density at radius 1 is 1.25 bits per heavy atom. The van der Waals surface area contributed by atoms with Crippen LogP contribution in [0.4, 0.5) is 5.69 Å². The Bertz CT molecular complexity index is 1140. The molecule has 2 N–H and O–H groups in total. The van der Waals surface area contributed by atoms with Crippen LogP contribution in [-0.2, 0) is 11.2 Å². The fourth-order valence-electron chi connectivity index (χ4n) is 3.25. The number of anilines is 1. The summed E-state index contributed by atoms with van der Waals surface area (Å²) in [5.41, 5.74) is 3.43. The average molecular weight is 375 g/mol.